The first-order valence-electron chi connectivity index (χ1n) is 14.0. The van der Waals surface area contributed by atoms with Gasteiger partial charge in [-0.25, -0.2) is 0 Å². The number of hydrogen-bond acceptors (Lipinski definition) is 7. The molecule has 230 valence electrons. The summed E-state index contributed by atoms with van der Waals surface area (Å²) < 4.78 is 16.3. The zero-order chi connectivity index (χ0) is 29.3. The standard InChI is InChI=1S/C31H47N3O6.ClH/c1-22(2)24(20-33-30(36)25-14-8-9-15-28(25)40-17-11-10-16-38-3)19-26(32)27(35)21-34-31(37)29(39-4)18-23-12-6-5-7-13-23;/h5-9,12-15,22,24,26-27,29,35H,10-11,16-21,32H2,1-4H3,(H,33,36)(H,34,37);1H/t24-,26+,27+,29-;/m1./s1. The maximum atomic E-state index is 13.0. The summed E-state index contributed by atoms with van der Waals surface area (Å²) in [5.41, 5.74) is 7.80. The average molecular weight is 594 g/mol. The SMILES string of the molecule is COCCCCOc1ccccc1C(=O)NC[C@@H](C[C@H](N)[C@@H](O)CNC(=O)[C@@H](Cc1ccccc1)OC)C(C)C.Cl. The number of carbonyl (C=O) groups excluding carboxylic acids is 2. The molecule has 0 aliphatic carbocycles. The number of methoxy groups -OCH3 is 2. The van der Waals surface area contributed by atoms with Crippen LogP contribution in [0.1, 0.15) is 49.0 Å². The fourth-order valence-corrected chi connectivity index (χ4v) is 4.31. The van der Waals surface area contributed by atoms with Crippen molar-refractivity contribution in [2.45, 2.75) is 57.8 Å². The molecule has 41 heavy (non-hydrogen) atoms. The number of aliphatic hydroxyl groups excluding tert-OH is 1. The van der Waals surface area contributed by atoms with Crippen molar-refractivity contribution in [2.24, 2.45) is 17.6 Å². The molecule has 4 atom stereocenters. The maximum absolute atomic E-state index is 13.0. The molecule has 0 saturated carbocycles. The monoisotopic (exact) mass is 593 g/mol. The van der Waals surface area contributed by atoms with Gasteiger partial charge in [0.15, 0.2) is 0 Å². The molecule has 10 heteroatoms. The molecule has 2 aromatic carbocycles. The molecule has 0 aliphatic heterocycles. The van der Waals surface area contributed by atoms with E-state index in [2.05, 4.69) is 24.5 Å². The molecule has 0 fully saturated rings. The molecule has 0 radical (unpaired) electrons. The molecule has 0 heterocycles. The lowest BCUT2D eigenvalue weighted by atomic mass is 9.87. The molecule has 2 aromatic rings. The van der Waals surface area contributed by atoms with Crippen molar-refractivity contribution in [3.05, 3.63) is 65.7 Å². The zero-order valence-corrected chi connectivity index (χ0v) is 25.5. The molecular weight excluding hydrogens is 546 g/mol. The predicted octanol–water partition coefficient (Wildman–Crippen LogP) is 3.37. The number of ether oxygens (including phenoxy) is 3. The van der Waals surface area contributed by atoms with Crippen LogP contribution in [0.4, 0.5) is 0 Å². The van der Waals surface area contributed by atoms with Crippen molar-refractivity contribution < 1.29 is 28.9 Å². The Balaban J connectivity index is 0.00000840. The van der Waals surface area contributed by atoms with Crippen molar-refractivity contribution in [1.29, 1.82) is 0 Å². The number of benzene rings is 2. The van der Waals surface area contributed by atoms with Crippen LogP contribution in [0.25, 0.3) is 0 Å². The van der Waals surface area contributed by atoms with Gasteiger partial charge in [-0.3, -0.25) is 9.59 Å². The van der Waals surface area contributed by atoms with E-state index in [1.807, 2.05) is 36.4 Å². The van der Waals surface area contributed by atoms with Crippen LogP contribution < -0.4 is 21.1 Å². The fourth-order valence-electron chi connectivity index (χ4n) is 4.31. The zero-order valence-electron chi connectivity index (χ0n) is 24.7. The first kappa shape index (κ1) is 36.3. The van der Waals surface area contributed by atoms with Crippen LogP contribution >= 0.6 is 12.4 Å². The third-order valence-corrected chi connectivity index (χ3v) is 7.00. The number of para-hydroxylation sites is 1. The van der Waals surface area contributed by atoms with Crippen LogP contribution in [0.3, 0.4) is 0 Å². The first-order chi connectivity index (χ1) is 19.3. The second-order valence-corrected chi connectivity index (χ2v) is 10.4. The van der Waals surface area contributed by atoms with Gasteiger partial charge in [-0.2, -0.15) is 0 Å². The van der Waals surface area contributed by atoms with Gasteiger partial charge in [0.2, 0.25) is 5.91 Å². The number of rotatable bonds is 19. The Morgan fingerprint density at radius 2 is 1.59 bits per heavy atom. The Labute approximate surface area is 250 Å². The molecule has 0 bridgehead atoms. The molecule has 0 spiro atoms. The lowest BCUT2D eigenvalue weighted by Gasteiger charge is -2.28. The second-order valence-electron chi connectivity index (χ2n) is 10.4. The normalized spacial score (nSPS) is 13.9. The number of carbonyl (C=O) groups is 2. The minimum absolute atomic E-state index is 0. The maximum Gasteiger partial charge on any atom is 0.255 e. The molecular formula is C31H48ClN3O6. The van der Waals surface area contributed by atoms with Gasteiger partial charge in [0.25, 0.3) is 5.91 Å². The van der Waals surface area contributed by atoms with Gasteiger partial charge in [0.1, 0.15) is 11.9 Å². The summed E-state index contributed by atoms with van der Waals surface area (Å²) in [5.74, 6) is 0.261. The Morgan fingerprint density at radius 3 is 2.24 bits per heavy atom. The van der Waals surface area contributed by atoms with E-state index in [0.29, 0.717) is 43.9 Å². The van der Waals surface area contributed by atoms with Gasteiger partial charge in [-0.1, -0.05) is 56.3 Å². The summed E-state index contributed by atoms with van der Waals surface area (Å²) in [7, 11) is 3.16. The molecule has 2 amide bonds. The van der Waals surface area contributed by atoms with E-state index >= 15 is 0 Å². The quantitative estimate of drug-likeness (QED) is 0.184. The Kier molecular flexibility index (Phi) is 17.9. The van der Waals surface area contributed by atoms with E-state index in [-0.39, 0.29) is 42.6 Å². The fraction of sp³-hybridized carbons (Fsp3) is 0.548. The van der Waals surface area contributed by atoms with Crippen LogP contribution in [-0.4, -0.2) is 75.7 Å². The topological polar surface area (TPSA) is 132 Å². The van der Waals surface area contributed by atoms with Crippen LogP contribution in [0.2, 0.25) is 0 Å². The number of unbranched alkanes of at least 4 members (excludes halogenated alkanes) is 1. The van der Waals surface area contributed by atoms with Crippen LogP contribution in [0.5, 0.6) is 5.75 Å². The minimum Gasteiger partial charge on any atom is -0.493 e. The lowest BCUT2D eigenvalue weighted by molar-refractivity contribution is -0.131. The Bertz CT molecular complexity index is 1010. The number of amides is 2. The lowest BCUT2D eigenvalue weighted by Crippen LogP contribution is -2.48. The Morgan fingerprint density at radius 1 is 0.927 bits per heavy atom. The molecule has 0 saturated heterocycles. The average Bonchev–Trinajstić information content (AvgIpc) is 2.96. The summed E-state index contributed by atoms with van der Waals surface area (Å²) in [6.07, 6.45) is 1.02. The highest BCUT2D eigenvalue weighted by Gasteiger charge is 2.25. The number of halogens is 1. The van der Waals surface area contributed by atoms with E-state index < -0.39 is 18.2 Å². The largest absolute Gasteiger partial charge is 0.493 e. The highest BCUT2D eigenvalue weighted by molar-refractivity contribution is 5.96. The van der Waals surface area contributed by atoms with Gasteiger partial charge in [0.05, 0.1) is 18.3 Å². The smallest absolute Gasteiger partial charge is 0.255 e. The highest BCUT2D eigenvalue weighted by Crippen LogP contribution is 2.20. The minimum atomic E-state index is -0.942. The summed E-state index contributed by atoms with van der Waals surface area (Å²) in [6, 6.07) is 16.2. The van der Waals surface area contributed by atoms with Gasteiger partial charge in [-0.05, 0) is 48.8 Å². The van der Waals surface area contributed by atoms with E-state index in [1.54, 1.807) is 25.3 Å². The van der Waals surface area contributed by atoms with Crippen LogP contribution in [0, 0.1) is 11.8 Å². The number of nitrogens with one attached hydrogen (secondary N) is 2. The molecule has 0 unspecified atom stereocenters. The van der Waals surface area contributed by atoms with Crippen molar-refractivity contribution >= 4 is 24.2 Å². The van der Waals surface area contributed by atoms with Crippen LogP contribution in [-0.2, 0) is 20.7 Å². The van der Waals surface area contributed by atoms with Crippen molar-refractivity contribution in [2.75, 3.05) is 40.5 Å². The van der Waals surface area contributed by atoms with Gasteiger partial charge < -0.3 is 35.7 Å². The third kappa shape index (κ3) is 13.2. The third-order valence-electron chi connectivity index (χ3n) is 7.00. The van der Waals surface area contributed by atoms with Gasteiger partial charge >= 0.3 is 0 Å². The van der Waals surface area contributed by atoms with Crippen molar-refractivity contribution in [3.63, 3.8) is 0 Å². The molecule has 0 aromatic heterocycles. The first-order valence-corrected chi connectivity index (χ1v) is 14.0. The molecule has 0 aliphatic rings. The number of nitrogens with two attached hydrogens (primary N) is 1. The van der Waals surface area contributed by atoms with E-state index in [0.717, 1.165) is 18.4 Å². The second kappa shape index (κ2) is 20.2. The Hall–Kier alpha value is -2.69. The predicted molar refractivity (Wildman–Crippen MR) is 164 cm³/mol. The van der Waals surface area contributed by atoms with Gasteiger partial charge in [-0.15, -0.1) is 12.4 Å². The van der Waals surface area contributed by atoms with Crippen molar-refractivity contribution in [1.82, 2.24) is 10.6 Å². The molecule has 5 N–H and O–H groups in total. The summed E-state index contributed by atoms with van der Waals surface area (Å²) in [4.78, 5) is 25.6. The van der Waals surface area contributed by atoms with E-state index in [9.17, 15) is 14.7 Å². The van der Waals surface area contributed by atoms with Crippen LogP contribution in [0.15, 0.2) is 54.6 Å². The van der Waals surface area contributed by atoms with Gasteiger partial charge in [0, 0.05) is 46.4 Å². The molecule has 9 nitrogen and oxygen atoms in total. The summed E-state index contributed by atoms with van der Waals surface area (Å²) in [6.45, 7) is 5.70. The number of hydrogen-bond donors (Lipinski definition) is 4. The van der Waals surface area contributed by atoms with Crippen molar-refractivity contribution in [3.8, 4) is 5.75 Å². The number of aliphatic hydroxyl groups is 1. The summed E-state index contributed by atoms with van der Waals surface area (Å²) >= 11 is 0. The van der Waals surface area contributed by atoms with E-state index in [4.69, 9.17) is 19.9 Å². The summed E-state index contributed by atoms with van der Waals surface area (Å²) in [5, 5.41) is 16.4. The molecule has 2 rings (SSSR count). The van der Waals surface area contributed by atoms with E-state index in [1.165, 1.54) is 7.11 Å². The highest BCUT2D eigenvalue weighted by atomic mass is 35.5.